The number of carboxylic acids is 1. The summed E-state index contributed by atoms with van der Waals surface area (Å²) in [5, 5.41) is 9.75. The fourth-order valence-corrected chi connectivity index (χ4v) is 7.79. The van der Waals surface area contributed by atoms with Gasteiger partial charge in [0, 0.05) is 5.41 Å². The van der Waals surface area contributed by atoms with Crippen molar-refractivity contribution in [1.82, 2.24) is 0 Å². The van der Waals surface area contributed by atoms with E-state index >= 15 is 0 Å². The Morgan fingerprint density at radius 2 is 1.58 bits per heavy atom. The van der Waals surface area contributed by atoms with Gasteiger partial charge in [-0.15, -0.1) is 0 Å². The first-order valence-corrected chi connectivity index (χ1v) is 13.1. The molecule has 1 aliphatic heterocycles. The van der Waals surface area contributed by atoms with E-state index in [-0.39, 0.29) is 5.41 Å². The molecule has 0 spiro atoms. The second-order valence-electron chi connectivity index (χ2n) is 11.7. The summed E-state index contributed by atoms with van der Waals surface area (Å²) in [4.78, 5) is 11.9. The summed E-state index contributed by atoms with van der Waals surface area (Å²) in [6, 6.07) is 0. The highest BCUT2D eigenvalue weighted by Gasteiger charge is 2.51. The van der Waals surface area contributed by atoms with Gasteiger partial charge in [-0.2, -0.15) is 0 Å². The van der Waals surface area contributed by atoms with E-state index in [2.05, 4.69) is 6.92 Å². The minimum Gasteiger partial charge on any atom is -0.501 e. The summed E-state index contributed by atoms with van der Waals surface area (Å²) in [7, 11) is 0. The van der Waals surface area contributed by atoms with Crippen LogP contribution >= 0.6 is 0 Å². The van der Waals surface area contributed by atoms with Crippen molar-refractivity contribution >= 4 is 5.97 Å². The second-order valence-corrected chi connectivity index (χ2v) is 11.7. The third-order valence-corrected chi connectivity index (χ3v) is 8.80. The molecule has 4 nitrogen and oxygen atoms in total. The van der Waals surface area contributed by atoms with E-state index in [0.29, 0.717) is 17.6 Å². The Morgan fingerprint density at radius 3 is 2.13 bits per heavy atom. The molecule has 1 saturated heterocycles. The summed E-state index contributed by atoms with van der Waals surface area (Å²) in [6.07, 6.45) is 20.1. The van der Waals surface area contributed by atoms with Crippen LogP contribution in [0.4, 0.5) is 0 Å². The molecule has 0 aromatic heterocycles. The number of carboxylic acid groups (broad SMARTS) is 1. The number of aliphatic carboxylic acids is 1. The average Bonchev–Trinajstić information content (AvgIpc) is 2.68. The van der Waals surface area contributed by atoms with Crippen molar-refractivity contribution in [3.8, 4) is 0 Å². The highest BCUT2D eigenvalue weighted by Crippen LogP contribution is 2.62. The van der Waals surface area contributed by atoms with Crippen LogP contribution in [0, 0.1) is 28.6 Å². The van der Waals surface area contributed by atoms with Gasteiger partial charge in [0.2, 0.25) is 0 Å². The fraction of sp³-hybridized carbons (Fsp3) is 0.889. The molecule has 0 amide bonds. The fourth-order valence-electron chi connectivity index (χ4n) is 7.79. The lowest BCUT2D eigenvalue weighted by Gasteiger charge is -2.57. The van der Waals surface area contributed by atoms with Gasteiger partial charge in [-0.1, -0.05) is 39.0 Å². The van der Waals surface area contributed by atoms with Crippen LogP contribution in [-0.2, 0) is 14.3 Å². The normalized spacial score (nSPS) is 33.3. The van der Waals surface area contributed by atoms with E-state index in [0.717, 1.165) is 43.8 Å². The first kappa shape index (κ1) is 23.1. The molecule has 5 fully saturated rings. The standard InChI is InChI=1S/C27H44O4/c1-2-8-26(19-31-20-26)9-6-4-3-5-7-10-30-18-24(25(28)29)17-27-14-21-11-22(15-27)13-23(12-21)16-27/h18,21-23H,2-17,19-20H2,1H3,(H,28,29). The third kappa shape index (κ3) is 5.86. The quantitative estimate of drug-likeness (QED) is 0.188. The van der Waals surface area contributed by atoms with E-state index in [1.165, 1.54) is 83.5 Å². The van der Waals surface area contributed by atoms with E-state index in [1.54, 1.807) is 6.26 Å². The van der Waals surface area contributed by atoms with Gasteiger partial charge in [0.1, 0.15) is 0 Å². The van der Waals surface area contributed by atoms with E-state index in [9.17, 15) is 9.90 Å². The van der Waals surface area contributed by atoms with Gasteiger partial charge in [0.25, 0.3) is 0 Å². The largest absolute Gasteiger partial charge is 0.501 e. The maximum absolute atomic E-state index is 11.9. The predicted octanol–water partition coefficient (Wildman–Crippen LogP) is 6.74. The van der Waals surface area contributed by atoms with Crippen molar-refractivity contribution in [3.05, 3.63) is 11.8 Å². The first-order valence-electron chi connectivity index (χ1n) is 13.1. The molecule has 4 saturated carbocycles. The molecule has 0 atom stereocenters. The topological polar surface area (TPSA) is 55.8 Å². The summed E-state index contributed by atoms with van der Waals surface area (Å²) in [5.74, 6) is 1.79. The number of ether oxygens (including phenoxy) is 2. The molecule has 0 radical (unpaired) electrons. The van der Waals surface area contributed by atoms with Crippen LogP contribution in [0.3, 0.4) is 0 Å². The summed E-state index contributed by atoms with van der Waals surface area (Å²) in [6.45, 7) is 4.85. The molecule has 176 valence electrons. The van der Waals surface area contributed by atoms with Crippen molar-refractivity contribution in [2.24, 2.45) is 28.6 Å². The van der Waals surface area contributed by atoms with Crippen LogP contribution in [-0.4, -0.2) is 30.9 Å². The number of rotatable bonds is 14. The van der Waals surface area contributed by atoms with Gasteiger partial charge < -0.3 is 14.6 Å². The molecule has 5 rings (SSSR count). The van der Waals surface area contributed by atoms with Gasteiger partial charge in [-0.3, -0.25) is 0 Å². The zero-order valence-electron chi connectivity index (χ0n) is 19.7. The lowest BCUT2D eigenvalue weighted by atomic mass is 9.48. The summed E-state index contributed by atoms with van der Waals surface area (Å²) in [5.41, 5.74) is 1.25. The van der Waals surface area contributed by atoms with Crippen molar-refractivity contribution < 1.29 is 19.4 Å². The zero-order chi connectivity index (χ0) is 21.7. The zero-order valence-corrected chi connectivity index (χ0v) is 19.7. The maximum Gasteiger partial charge on any atom is 0.334 e. The summed E-state index contributed by atoms with van der Waals surface area (Å²) < 4.78 is 11.2. The number of unbranched alkanes of at least 4 members (excludes halogenated alkanes) is 4. The van der Waals surface area contributed by atoms with E-state index in [1.807, 2.05) is 0 Å². The number of hydrogen-bond donors (Lipinski definition) is 1. The minimum absolute atomic E-state index is 0.253. The molecule has 4 bridgehead atoms. The third-order valence-electron chi connectivity index (χ3n) is 8.80. The van der Waals surface area contributed by atoms with Crippen LogP contribution in [0.15, 0.2) is 11.8 Å². The first-order chi connectivity index (χ1) is 15.0. The van der Waals surface area contributed by atoms with E-state index in [4.69, 9.17) is 9.47 Å². The van der Waals surface area contributed by atoms with Gasteiger partial charge in [0.15, 0.2) is 0 Å². The maximum atomic E-state index is 11.9. The molecule has 0 unspecified atom stereocenters. The molecule has 31 heavy (non-hydrogen) atoms. The average molecular weight is 433 g/mol. The second kappa shape index (κ2) is 10.3. The van der Waals surface area contributed by atoms with Crippen molar-refractivity contribution in [1.29, 1.82) is 0 Å². The molecule has 5 aliphatic rings. The Balaban J connectivity index is 1.12. The van der Waals surface area contributed by atoms with Crippen molar-refractivity contribution in [2.45, 2.75) is 103 Å². The van der Waals surface area contributed by atoms with Gasteiger partial charge >= 0.3 is 5.97 Å². The Hall–Kier alpha value is -1.03. The summed E-state index contributed by atoms with van der Waals surface area (Å²) >= 11 is 0. The number of carbonyl (C=O) groups is 1. The molecular formula is C27H44O4. The molecule has 4 heteroatoms. The minimum atomic E-state index is -0.781. The van der Waals surface area contributed by atoms with E-state index < -0.39 is 5.97 Å². The monoisotopic (exact) mass is 432 g/mol. The molecule has 1 heterocycles. The highest BCUT2D eigenvalue weighted by atomic mass is 16.5. The predicted molar refractivity (Wildman–Crippen MR) is 123 cm³/mol. The molecular weight excluding hydrogens is 388 g/mol. The smallest absolute Gasteiger partial charge is 0.334 e. The molecule has 4 aliphatic carbocycles. The lowest BCUT2D eigenvalue weighted by molar-refractivity contribution is -0.134. The molecule has 0 aromatic rings. The molecule has 0 aromatic carbocycles. The van der Waals surface area contributed by atoms with Crippen LogP contribution in [0.25, 0.3) is 0 Å². The lowest BCUT2D eigenvalue weighted by Crippen LogP contribution is -2.46. The van der Waals surface area contributed by atoms with Gasteiger partial charge in [0.05, 0.1) is 31.7 Å². The Kier molecular flexibility index (Phi) is 7.67. The molecule has 1 N–H and O–H groups in total. The van der Waals surface area contributed by atoms with Crippen LogP contribution in [0.5, 0.6) is 0 Å². The highest BCUT2D eigenvalue weighted by molar-refractivity contribution is 5.86. The van der Waals surface area contributed by atoms with Crippen LogP contribution < -0.4 is 0 Å². The number of hydrogen-bond acceptors (Lipinski definition) is 3. The van der Waals surface area contributed by atoms with Crippen LogP contribution in [0.2, 0.25) is 0 Å². The van der Waals surface area contributed by atoms with Crippen molar-refractivity contribution in [3.63, 3.8) is 0 Å². The Bertz CT molecular complexity index is 598. The Labute approximate surface area is 189 Å². The Morgan fingerprint density at radius 1 is 0.968 bits per heavy atom. The van der Waals surface area contributed by atoms with Crippen molar-refractivity contribution in [2.75, 3.05) is 19.8 Å². The SMILES string of the molecule is CCCC1(CCCCCCCOC=C(CC23CC4CC(CC(C4)C2)C3)C(=O)O)COC1. The van der Waals surface area contributed by atoms with Crippen LogP contribution in [0.1, 0.15) is 103 Å². The van der Waals surface area contributed by atoms with Gasteiger partial charge in [-0.05, 0) is 87.4 Å². The van der Waals surface area contributed by atoms with Gasteiger partial charge in [-0.25, -0.2) is 4.79 Å².